The third-order valence-electron chi connectivity index (χ3n) is 6.03. The third-order valence-corrected chi connectivity index (χ3v) is 9.37. The van der Waals surface area contributed by atoms with E-state index in [1.54, 1.807) is 6.92 Å². The number of halogens is 2. The maximum Gasteiger partial charge on any atom is 0.360 e. The first-order valence-corrected chi connectivity index (χ1v) is 15.5. The molecular formula is C23H26F2N6O10P2. The molecule has 0 spiro atoms. The van der Waals surface area contributed by atoms with Crippen molar-refractivity contribution < 1.29 is 47.3 Å². The average molecular weight is 646 g/mol. The molecule has 20 heteroatoms. The van der Waals surface area contributed by atoms with Crippen LogP contribution in [0.1, 0.15) is 18.2 Å². The van der Waals surface area contributed by atoms with Gasteiger partial charge in [-0.1, -0.05) is 17.2 Å². The molecule has 0 aliphatic carbocycles. The van der Waals surface area contributed by atoms with Crippen LogP contribution in [-0.4, -0.2) is 58.5 Å². The van der Waals surface area contributed by atoms with Crippen LogP contribution in [0.5, 0.6) is 0 Å². The normalized spacial score (nSPS) is 18.5. The molecule has 7 N–H and O–H groups in total. The van der Waals surface area contributed by atoms with Gasteiger partial charge in [0.2, 0.25) is 5.52 Å². The molecule has 16 nitrogen and oxygen atoms in total. The van der Waals surface area contributed by atoms with E-state index in [4.69, 9.17) is 34.9 Å². The number of nitrogens with zero attached hydrogens (tertiary/aromatic N) is 4. The lowest BCUT2D eigenvalue weighted by atomic mass is 10.0. The zero-order valence-corrected chi connectivity index (χ0v) is 23.8. The van der Waals surface area contributed by atoms with Gasteiger partial charge in [0, 0.05) is 34.8 Å². The van der Waals surface area contributed by atoms with Crippen LogP contribution < -0.4 is 16.6 Å². The number of anilines is 1. The predicted octanol–water partition coefficient (Wildman–Crippen LogP) is 2.49. The first-order valence-electron chi connectivity index (χ1n) is 12.1. The van der Waals surface area contributed by atoms with Gasteiger partial charge in [0.05, 0.1) is 18.8 Å². The second-order valence-electron chi connectivity index (χ2n) is 9.23. The topological polar surface area (TPSA) is 260 Å². The van der Waals surface area contributed by atoms with Crippen molar-refractivity contribution in [2.45, 2.75) is 37.2 Å². The number of aliphatic hydroxyl groups is 1. The Labute approximate surface area is 240 Å². The van der Waals surface area contributed by atoms with Crippen molar-refractivity contribution in [1.82, 2.24) is 9.55 Å². The Morgan fingerprint density at radius 1 is 1.12 bits per heavy atom. The molecule has 1 aromatic heterocycles. The standard InChI is InChI=1S/C13H13F2NO6P2.C10H13N5O4/c14-10-4-9(5-11(15)7-10)8-2-1-3-12(6-8)16-13(23(17,18)19)24(20,21)22;1-5-3-15(10(18)12-9(5)17)8-2-6(13-14-11)7(4-16)19-8/h1-7,13,16H,(H2,17,18,19)(H2,20,21,22);3,6-8,16H,2,4H2,1H3,(H,12,17,18)/t;6-,7+,8+/m.0/s1. The molecule has 4 rings (SSSR count). The lowest BCUT2D eigenvalue weighted by molar-refractivity contribution is -0.0271. The lowest BCUT2D eigenvalue weighted by Gasteiger charge is -2.22. The molecule has 3 atom stereocenters. The summed E-state index contributed by atoms with van der Waals surface area (Å²) in [4.78, 5) is 64.2. The molecule has 43 heavy (non-hydrogen) atoms. The highest BCUT2D eigenvalue weighted by molar-refractivity contribution is 7.71. The van der Waals surface area contributed by atoms with Crippen molar-refractivity contribution in [1.29, 1.82) is 0 Å². The number of hydrogen-bond acceptors (Lipinski definition) is 8. The van der Waals surface area contributed by atoms with Crippen LogP contribution >= 0.6 is 15.2 Å². The van der Waals surface area contributed by atoms with Crippen LogP contribution in [0.2, 0.25) is 0 Å². The number of aryl methyl sites for hydroxylation is 1. The smallest absolute Gasteiger partial charge is 0.360 e. The second-order valence-corrected chi connectivity index (χ2v) is 13.0. The summed E-state index contributed by atoms with van der Waals surface area (Å²) in [5.41, 5.74) is 5.73. The zero-order valence-electron chi connectivity index (χ0n) is 22.1. The van der Waals surface area contributed by atoms with Gasteiger partial charge in [0.15, 0.2) is 0 Å². The summed E-state index contributed by atoms with van der Waals surface area (Å²) in [5.74, 6) is -1.63. The van der Waals surface area contributed by atoms with E-state index in [0.717, 1.165) is 12.1 Å². The van der Waals surface area contributed by atoms with Crippen LogP contribution in [0.3, 0.4) is 0 Å². The number of aliphatic hydroxyl groups excluding tert-OH is 1. The Bertz CT molecular complexity index is 1690. The summed E-state index contributed by atoms with van der Waals surface area (Å²) in [6, 6.07) is 7.67. The quantitative estimate of drug-likeness (QED) is 0.0809. The Balaban J connectivity index is 0.000000242. The summed E-state index contributed by atoms with van der Waals surface area (Å²) < 4.78 is 55.8. The Hall–Kier alpha value is -3.69. The molecule has 3 aromatic rings. The van der Waals surface area contributed by atoms with E-state index in [1.165, 1.54) is 35.0 Å². The van der Waals surface area contributed by atoms with E-state index in [0.29, 0.717) is 11.6 Å². The molecule has 1 aliphatic rings. The molecule has 2 heterocycles. The van der Waals surface area contributed by atoms with Gasteiger partial charge in [0.25, 0.3) is 5.56 Å². The highest BCUT2D eigenvalue weighted by atomic mass is 31.2. The molecular weight excluding hydrogens is 620 g/mol. The lowest BCUT2D eigenvalue weighted by Crippen LogP contribution is -2.33. The van der Waals surface area contributed by atoms with Crippen molar-refractivity contribution in [3.63, 3.8) is 0 Å². The molecule has 1 aliphatic heterocycles. The minimum Gasteiger partial charge on any atom is -0.394 e. The number of aromatic nitrogens is 2. The maximum absolute atomic E-state index is 13.3. The summed E-state index contributed by atoms with van der Waals surface area (Å²) in [6.07, 6.45) is 0.329. The van der Waals surface area contributed by atoms with Crippen LogP contribution in [0.4, 0.5) is 14.5 Å². The first-order chi connectivity index (χ1) is 20.0. The van der Waals surface area contributed by atoms with Crippen molar-refractivity contribution in [2.24, 2.45) is 5.11 Å². The number of H-pyrrole nitrogens is 1. The van der Waals surface area contributed by atoms with Crippen molar-refractivity contribution in [3.8, 4) is 11.1 Å². The summed E-state index contributed by atoms with van der Waals surface area (Å²) in [5, 5.41) is 14.8. The fourth-order valence-electron chi connectivity index (χ4n) is 4.06. The highest BCUT2D eigenvalue weighted by Crippen LogP contribution is 2.59. The molecule has 0 unspecified atom stereocenters. The van der Waals surface area contributed by atoms with Gasteiger partial charge in [-0.3, -0.25) is 23.5 Å². The third kappa shape index (κ3) is 8.91. The van der Waals surface area contributed by atoms with Gasteiger partial charge in [-0.25, -0.2) is 13.6 Å². The minimum absolute atomic E-state index is 0.0335. The predicted molar refractivity (Wildman–Crippen MR) is 148 cm³/mol. The largest absolute Gasteiger partial charge is 0.394 e. The monoisotopic (exact) mass is 646 g/mol. The number of azide groups is 1. The molecule has 1 fully saturated rings. The molecule has 0 amide bonds. The van der Waals surface area contributed by atoms with Crippen molar-refractivity contribution in [3.05, 3.63) is 97.1 Å². The van der Waals surface area contributed by atoms with Crippen LogP contribution in [-0.2, 0) is 13.9 Å². The summed E-state index contributed by atoms with van der Waals surface area (Å²) >= 11 is 0. The van der Waals surface area contributed by atoms with Gasteiger partial charge in [-0.2, -0.15) is 0 Å². The molecule has 1 saturated heterocycles. The van der Waals surface area contributed by atoms with E-state index in [-0.39, 0.29) is 29.8 Å². The summed E-state index contributed by atoms with van der Waals surface area (Å²) in [6.45, 7) is 1.26. The minimum atomic E-state index is -5.16. The van der Waals surface area contributed by atoms with Gasteiger partial charge in [-0.05, 0) is 47.8 Å². The van der Waals surface area contributed by atoms with Gasteiger partial charge >= 0.3 is 20.9 Å². The highest BCUT2D eigenvalue weighted by Gasteiger charge is 2.43. The molecule has 2 aromatic carbocycles. The molecule has 232 valence electrons. The SMILES string of the molecule is Cc1cn([C@H]2C[C@H](N=[N+]=[N-])[C@@H](CO)O2)c(=O)[nH]c1=O.O=P(O)(O)C(Nc1cccc(-c2cc(F)cc(F)c2)c1)P(=O)(O)O. The Morgan fingerprint density at radius 2 is 1.74 bits per heavy atom. The number of nitrogens with one attached hydrogen (secondary N) is 2. The van der Waals surface area contributed by atoms with Gasteiger partial charge in [0.1, 0.15) is 17.9 Å². The maximum atomic E-state index is 13.3. The van der Waals surface area contributed by atoms with E-state index in [1.807, 2.05) is 0 Å². The number of ether oxygens (including phenoxy) is 1. The van der Waals surface area contributed by atoms with Gasteiger partial charge in [-0.15, -0.1) is 0 Å². The van der Waals surface area contributed by atoms with Crippen molar-refractivity contribution in [2.75, 3.05) is 11.9 Å². The van der Waals surface area contributed by atoms with Crippen LogP contribution in [0, 0.1) is 18.6 Å². The fourth-order valence-corrected chi connectivity index (χ4v) is 6.26. The van der Waals surface area contributed by atoms with Gasteiger partial charge < -0.3 is 34.7 Å². The van der Waals surface area contributed by atoms with Crippen molar-refractivity contribution >= 4 is 20.9 Å². The zero-order chi connectivity index (χ0) is 32.1. The fraction of sp³-hybridized carbons (Fsp3) is 0.304. The Morgan fingerprint density at radius 3 is 2.30 bits per heavy atom. The number of aromatic amines is 1. The average Bonchev–Trinajstić information content (AvgIpc) is 3.31. The summed E-state index contributed by atoms with van der Waals surface area (Å²) in [7, 11) is -10.3. The first kappa shape index (κ1) is 33.8. The molecule has 0 radical (unpaired) electrons. The Kier molecular flexibility index (Phi) is 10.8. The molecule has 0 saturated carbocycles. The number of benzene rings is 2. The van der Waals surface area contributed by atoms with Crippen LogP contribution in [0.15, 0.2) is 63.4 Å². The second kappa shape index (κ2) is 13.7. The van der Waals surface area contributed by atoms with E-state index in [9.17, 15) is 27.5 Å². The van der Waals surface area contributed by atoms with E-state index < -0.39 is 62.0 Å². The number of rotatable bonds is 8. The van der Waals surface area contributed by atoms with E-state index >= 15 is 0 Å². The number of hydrogen-bond donors (Lipinski definition) is 7. The molecule has 0 bridgehead atoms. The van der Waals surface area contributed by atoms with Crippen LogP contribution in [0.25, 0.3) is 21.6 Å². The van der Waals surface area contributed by atoms with E-state index in [2.05, 4.69) is 20.3 Å².